The fourth-order valence-corrected chi connectivity index (χ4v) is 4.70. The van der Waals surface area contributed by atoms with Gasteiger partial charge in [0.25, 0.3) is 0 Å². The van der Waals surface area contributed by atoms with Crippen LogP contribution in [0.1, 0.15) is 49.4 Å². The minimum atomic E-state index is 0.0732. The molecule has 2 fully saturated rings. The SMILES string of the molecule is CN=C1Nc2cc(-n3cnc([C@@H]4CCCN4)c3)c(OC)cc2C12CCC2. The molecule has 1 aromatic heterocycles. The standard InChI is InChI=1S/C20H25N5O/c1-21-19-20(6-4-7-20)13-9-18(26-2)17(10-15(13)24-19)25-11-16(23-12-25)14-5-3-8-22-14/h9-12,14,22H,3-8H2,1-2H3,(H,21,24)/t14-/m0/s1. The lowest BCUT2D eigenvalue weighted by molar-refractivity contribution is 0.344. The highest BCUT2D eigenvalue weighted by molar-refractivity contribution is 6.10. The first-order valence-corrected chi connectivity index (χ1v) is 9.49. The highest BCUT2D eigenvalue weighted by Crippen LogP contribution is 2.53. The van der Waals surface area contributed by atoms with E-state index >= 15 is 0 Å². The number of amidine groups is 1. The number of rotatable bonds is 3. The average molecular weight is 351 g/mol. The molecule has 2 N–H and O–H groups in total. The molecule has 3 aliphatic rings. The Bertz CT molecular complexity index is 874. The first kappa shape index (κ1) is 15.9. The summed E-state index contributed by atoms with van der Waals surface area (Å²) in [5.41, 5.74) is 4.66. The van der Waals surface area contributed by atoms with Crippen molar-refractivity contribution in [3.8, 4) is 11.4 Å². The van der Waals surface area contributed by atoms with Gasteiger partial charge in [0.2, 0.25) is 0 Å². The summed E-state index contributed by atoms with van der Waals surface area (Å²) >= 11 is 0. The maximum Gasteiger partial charge on any atom is 0.143 e. The number of aromatic nitrogens is 2. The van der Waals surface area contributed by atoms with Gasteiger partial charge in [-0.25, -0.2) is 4.98 Å². The second-order valence-electron chi connectivity index (χ2n) is 7.56. The number of anilines is 1. The molecule has 0 bridgehead atoms. The zero-order valence-corrected chi connectivity index (χ0v) is 15.4. The van der Waals surface area contributed by atoms with Crippen molar-refractivity contribution >= 4 is 11.5 Å². The lowest BCUT2D eigenvalue weighted by Gasteiger charge is -2.38. The number of benzene rings is 1. The predicted octanol–water partition coefficient (Wildman–Crippen LogP) is 3.18. The second-order valence-corrected chi connectivity index (χ2v) is 7.56. The Labute approximate surface area is 153 Å². The van der Waals surface area contributed by atoms with Gasteiger partial charge in [-0.05, 0) is 49.9 Å². The quantitative estimate of drug-likeness (QED) is 0.891. The molecule has 6 heteroatoms. The monoisotopic (exact) mass is 351 g/mol. The number of hydrogen-bond acceptors (Lipinski definition) is 4. The number of aliphatic imine (C=N–C) groups is 1. The summed E-state index contributed by atoms with van der Waals surface area (Å²) in [6.07, 6.45) is 9.95. The largest absolute Gasteiger partial charge is 0.495 e. The summed E-state index contributed by atoms with van der Waals surface area (Å²) in [5.74, 6) is 1.98. The lowest BCUT2D eigenvalue weighted by atomic mass is 9.65. The zero-order chi connectivity index (χ0) is 17.7. The number of hydrogen-bond donors (Lipinski definition) is 2. The zero-order valence-electron chi connectivity index (χ0n) is 15.4. The molecule has 2 aliphatic heterocycles. The molecule has 1 aromatic carbocycles. The maximum absolute atomic E-state index is 5.76. The molecule has 1 spiro atoms. The highest BCUT2D eigenvalue weighted by atomic mass is 16.5. The van der Waals surface area contributed by atoms with Crippen molar-refractivity contribution in [1.82, 2.24) is 14.9 Å². The van der Waals surface area contributed by atoms with Crippen molar-refractivity contribution < 1.29 is 4.74 Å². The van der Waals surface area contributed by atoms with Crippen LogP contribution in [0.4, 0.5) is 5.69 Å². The molecule has 26 heavy (non-hydrogen) atoms. The number of ether oxygens (including phenoxy) is 1. The fraction of sp³-hybridized carbons (Fsp3) is 0.500. The van der Waals surface area contributed by atoms with Gasteiger partial charge in [-0.3, -0.25) is 4.99 Å². The van der Waals surface area contributed by atoms with Crippen LogP contribution in [0, 0.1) is 0 Å². The van der Waals surface area contributed by atoms with Gasteiger partial charge < -0.3 is 19.9 Å². The van der Waals surface area contributed by atoms with Crippen LogP contribution in [0.25, 0.3) is 5.69 Å². The molecule has 1 aliphatic carbocycles. The van der Waals surface area contributed by atoms with Crippen molar-refractivity contribution in [1.29, 1.82) is 0 Å². The van der Waals surface area contributed by atoms with Crippen LogP contribution < -0.4 is 15.4 Å². The summed E-state index contributed by atoms with van der Waals surface area (Å²) in [6, 6.07) is 4.74. The van der Waals surface area contributed by atoms with Crippen LogP contribution in [-0.4, -0.2) is 36.1 Å². The van der Waals surface area contributed by atoms with Crippen LogP contribution in [-0.2, 0) is 5.41 Å². The summed E-state index contributed by atoms with van der Waals surface area (Å²) in [5, 5.41) is 7.06. The van der Waals surface area contributed by atoms with E-state index in [1.807, 2.05) is 13.4 Å². The minimum absolute atomic E-state index is 0.0732. The molecule has 136 valence electrons. The Kier molecular flexibility index (Phi) is 3.57. The third kappa shape index (κ3) is 2.14. The molecule has 3 heterocycles. The van der Waals surface area contributed by atoms with Crippen LogP contribution in [0.15, 0.2) is 29.6 Å². The van der Waals surface area contributed by atoms with Gasteiger partial charge in [-0.2, -0.15) is 0 Å². The van der Waals surface area contributed by atoms with E-state index in [4.69, 9.17) is 4.74 Å². The van der Waals surface area contributed by atoms with Crippen LogP contribution in [0.5, 0.6) is 5.75 Å². The van der Waals surface area contributed by atoms with E-state index < -0.39 is 0 Å². The van der Waals surface area contributed by atoms with E-state index in [1.165, 1.54) is 18.4 Å². The molecular weight excluding hydrogens is 326 g/mol. The van der Waals surface area contributed by atoms with Gasteiger partial charge in [0.15, 0.2) is 0 Å². The van der Waals surface area contributed by atoms with E-state index in [2.05, 4.69) is 43.5 Å². The predicted molar refractivity (Wildman–Crippen MR) is 103 cm³/mol. The van der Waals surface area contributed by atoms with Gasteiger partial charge in [0, 0.05) is 18.9 Å². The number of nitrogens with zero attached hydrogens (tertiary/aromatic N) is 3. The van der Waals surface area contributed by atoms with Crippen molar-refractivity contribution in [2.24, 2.45) is 4.99 Å². The molecule has 1 saturated carbocycles. The molecule has 1 atom stereocenters. The number of methoxy groups -OCH3 is 1. The fourth-order valence-electron chi connectivity index (χ4n) is 4.70. The van der Waals surface area contributed by atoms with E-state index in [0.717, 1.165) is 54.5 Å². The summed E-state index contributed by atoms with van der Waals surface area (Å²) < 4.78 is 7.83. The van der Waals surface area contributed by atoms with Crippen molar-refractivity contribution in [3.63, 3.8) is 0 Å². The molecule has 1 saturated heterocycles. The maximum atomic E-state index is 5.76. The number of nitrogens with one attached hydrogen (secondary N) is 2. The van der Waals surface area contributed by atoms with Crippen LogP contribution >= 0.6 is 0 Å². The summed E-state index contributed by atoms with van der Waals surface area (Å²) in [6.45, 7) is 1.07. The van der Waals surface area contributed by atoms with Gasteiger partial charge in [-0.15, -0.1) is 0 Å². The van der Waals surface area contributed by atoms with Crippen molar-refractivity contribution in [2.45, 2.75) is 43.6 Å². The second kappa shape index (κ2) is 5.84. The Morgan fingerprint density at radius 2 is 2.19 bits per heavy atom. The Hall–Kier alpha value is -2.34. The highest BCUT2D eigenvalue weighted by Gasteiger charge is 2.49. The van der Waals surface area contributed by atoms with Crippen LogP contribution in [0.2, 0.25) is 0 Å². The molecular formula is C20H25N5O. The molecule has 6 nitrogen and oxygen atoms in total. The number of fused-ring (bicyclic) bond motifs is 2. The van der Waals surface area contributed by atoms with Crippen molar-refractivity contribution in [2.75, 3.05) is 26.0 Å². The first-order chi connectivity index (χ1) is 12.7. The minimum Gasteiger partial charge on any atom is -0.495 e. The molecule has 0 amide bonds. The van der Waals surface area contributed by atoms with Crippen LogP contribution in [0.3, 0.4) is 0 Å². The van der Waals surface area contributed by atoms with E-state index in [9.17, 15) is 0 Å². The van der Waals surface area contributed by atoms with Crippen molar-refractivity contribution in [3.05, 3.63) is 35.9 Å². The molecule has 5 rings (SSSR count). The third-order valence-corrected chi connectivity index (χ3v) is 6.27. The Balaban J connectivity index is 1.57. The average Bonchev–Trinajstić information content (AvgIpc) is 3.35. The van der Waals surface area contributed by atoms with E-state index in [0.29, 0.717) is 6.04 Å². The first-order valence-electron chi connectivity index (χ1n) is 9.49. The van der Waals surface area contributed by atoms with Gasteiger partial charge >= 0.3 is 0 Å². The third-order valence-electron chi connectivity index (χ3n) is 6.27. The van der Waals surface area contributed by atoms with E-state index in [1.54, 1.807) is 7.11 Å². The normalized spacial score (nSPS) is 24.5. The Morgan fingerprint density at radius 3 is 2.85 bits per heavy atom. The molecule has 0 unspecified atom stereocenters. The van der Waals surface area contributed by atoms with Gasteiger partial charge in [0.05, 0.1) is 36.3 Å². The lowest BCUT2D eigenvalue weighted by Crippen LogP contribution is -2.41. The number of imidazole rings is 1. The molecule has 0 radical (unpaired) electrons. The smallest absolute Gasteiger partial charge is 0.143 e. The topological polar surface area (TPSA) is 63.5 Å². The summed E-state index contributed by atoms with van der Waals surface area (Å²) in [4.78, 5) is 9.16. The molecule has 2 aromatic rings. The van der Waals surface area contributed by atoms with Gasteiger partial charge in [0.1, 0.15) is 11.6 Å². The summed E-state index contributed by atoms with van der Waals surface area (Å²) in [7, 11) is 3.62. The Morgan fingerprint density at radius 1 is 1.31 bits per heavy atom. The van der Waals surface area contributed by atoms with E-state index in [-0.39, 0.29) is 5.41 Å². The van der Waals surface area contributed by atoms with Gasteiger partial charge in [-0.1, -0.05) is 6.42 Å².